The van der Waals surface area contributed by atoms with Crippen molar-refractivity contribution >= 4 is 17.1 Å². The lowest BCUT2D eigenvalue weighted by atomic mass is 10.1. The fraction of sp³-hybridized carbons (Fsp3) is 0.364. The number of nitrogens with two attached hydrogens (primary N) is 1. The van der Waals surface area contributed by atoms with Crippen LogP contribution in [-0.2, 0) is 6.54 Å². The SMILES string of the molecule is N#CCCn1cc(-c2ccc(-n3nnc4cnc(NC5CC[C@@H](C(N)O)C5)nc43)cc2)cn1. The van der Waals surface area contributed by atoms with Gasteiger partial charge in [0.25, 0.3) is 0 Å². The number of nitrogens with zero attached hydrogens (tertiary/aromatic N) is 8. The number of fused-ring (bicyclic) bond motifs is 1. The van der Waals surface area contributed by atoms with Gasteiger partial charge in [0.1, 0.15) is 6.23 Å². The van der Waals surface area contributed by atoms with Gasteiger partial charge in [0.05, 0.1) is 37.1 Å². The van der Waals surface area contributed by atoms with E-state index < -0.39 is 6.23 Å². The quantitative estimate of drug-likeness (QED) is 0.362. The molecule has 0 spiro atoms. The first-order valence-corrected chi connectivity index (χ1v) is 10.9. The van der Waals surface area contributed by atoms with E-state index in [-0.39, 0.29) is 12.0 Å². The molecule has 4 N–H and O–H groups in total. The van der Waals surface area contributed by atoms with E-state index in [2.05, 4.69) is 36.8 Å². The molecule has 11 nitrogen and oxygen atoms in total. The number of nitrogens with one attached hydrogen (secondary N) is 1. The molecule has 0 bridgehead atoms. The number of benzene rings is 1. The third-order valence-corrected chi connectivity index (χ3v) is 6.01. The molecule has 4 aromatic rings. The van der Waals surface area contributed by atoms with Crippen LogP contribution in [0.15, 0.2) is 42.9 Å². The number of rotatable bonds is 7. The van der Waals surface area contributed by atoms with Crippen molar-refractivity contribution in [3.8, 4) is 22.9 Å². The van der Waals surface area contributed by atoms with Crippen molar-refractivity contribution in [2.75, 3.05) is 5.32 Å². The van der Waals surface area contributed by atoms with Gasteiger partial charge in [-0.1, -0.05) is 17.3 Å². The Morgan fingerprint density at radius 2 is 2.06 bits per heavy atom. The number of aromatic nitrogens is 7. The van der Waals surface area contributed by atoms with Crippen molar-refractivity contribution in [3.63, 3.8) is 0 Å². The van der Waals surface area contributed by atoms with Crippen LogP contribution in [0.1, 0.15) is 25.7 Å². The van der Waals surface area contributed by atoms with Crippen LogP contribution >= 0.6 is 0 Å². The van der Waals surface area contributed by atoms with Crippen molar-refractivity contribution in [2.24, 2.45) is 11.7 Å². The first-order valence-electron chi connectivity index (χ1n) is 10.9. The molecule has 1 saturated carbocycles. The Bertz CT molecular complexity index is 1290. The molecule has 2 unspecified atom stereocenters. The van der Waals surface area contributed by atoms with Crippen molar-refractivity contribution < 1.29 is 5.11 Å². The van der Waals surface area contributed by atoms with Crippen molar-refractivity contribution in [2.45, 2.75) is 44.5 Å². The highest BCUT2D eigenvalue weighted by Crippen LogP contribution is 2.29. The molecule has 5 rings (SSSR count). The second-order valence-electron chi connectivity index (χ2n) is 8.26. The van der Waals surface area contributed by atoms with Gasteiger partial charge in [-0.15, -0.1) is 5.10 Å². The van der Waals surface area contributed by atoms with Gasteiger partial charge in [0.2, 0.25) is 5.95 Å². The molecule has 1 aliphatic rings. The summed E-state index contributed by atoms with van der Waals surface area (Å²) < 4.78 is 3.45. The fourth-order valence-electron chi connectivity index (χ4n) is 4.21. The van der Waals surface area contributed by atoms with E-state index in [9.17, 15) is 5.11 Å². The minimum Gasteiger partial charge on any atom is -0.379 e. The lowest BCUT2D eigenvalue weighted by Gasteiger charge is -2.15. The number of aryl methyl sites for hydroxylation is 1. The van der Waals surface area contributed by atoms with Gasteiger partial charge in [-0.25, -0.2) is 4.98 Å². The zero-order valence-corrected chi connectivity index (χ0v) is 17.9. The number of nitriles is 1. The van der Waals surface area contributed by atoms with Gasteiger partial charge in [0, 0.05) is 23.7 Å². The zero-order valence-electron chi connectivity index (χ0n) is 17.9. The summed E-state index contributed by atoms with van der Waals surface area (Å²) >= 11 is 0. The van der Waals surface area contributed by atoms with Crippen LogP contribution in [0.25, 0.3) is 28.0 Å². The summed E-state index contributed by atoms with van der Waals surface area (Å²) in [5.41, 5.74) is 9.66. The smallest absolute Gasteiger partial charge is 0.225 e. The highest BCUT2D eigenvalue weighted by atomic mass is 16.3. The molecule has 0 amide bonds. The predicted octanol–water partition coefficient (Wildman–Crippen LogP) is 1.85. The third kappa shape index (κ3) is 4.39. The Morgan fingerprint density at radius 1 is 1.21 bits per heavy atom. The van der Waals surface area contributed by atoms with Crippen molar-refractivity contribution in [1.82, 2.24) is 34.7 Å². The molecular formula is C22H24N10O. The minimum atomic E-state index is -0.791. The van der Waals surface area contributed by atoms with Gasteiger partial charge in [-0.2, -0.15) is 20.0 Å². The summed E-state index contributed by atoms with van der Waals surface area (Å²) in [5, 5.41) is 34.4. The summed E-state index contributed by atoms with van der Waals surface area (Å²) in [4.78, 5) is 9.00. The van der Waals surface area contributed by atoms with Crippen LogP contribution in [0.5, 0.6) is 0 Å². The third-order valence-electron chi connectivity index (χ3n) is 6.01. The molecule has 33 heavy (non-hydrogen) atoms. The molecule has 3 aromatic heterocycles. The van der Waals surface area contributed by atoms with Crippen LogP contribution in [0.4, 0.5) is 5.95 Å². The Morgan fingerprint density at radius 3 is 2.82 bits per heavy atom. The maximum Gasteiger partial charge on any atom is 0.225 e. The minimum absolute atomic E-state index is 0.0930. The molecule has 3 atom stereocenters. The van der Waals surface area contributed by atoms with E-state index in [0.717, 1.165) is 36.1 Å². The normalized spacial score (nSPS) is 18.9. The van der Waals surface area contributed by atoms with Gasteiger partial charge >= 0.3 is 0 Å². The van der Waals surface area contributed by atoms with Gasteiger partial charge in [-0.3, -0.25) is 4.68 Å². The fourth-order valence-corrected chi connectivity index (χ4v) is 4.21. The number of hydrogen-bond acceptors (Lipinski definition) is 9. The molecule has 11 heteroatoms. The highest BCUT2D eigenvalue weighted by Gasteiger charge is 2.28. The molecular weight excluding hydrogens is 420 g/mol. The molecule has 0 radical (unpaired) electrons. The van der Waals surface area contributed by atoms with E-state index in [4.69, 9.17) is 11.0 Å². The molecule has 1 fully saturated rings. The number of anilines is 1. The molecule has 1 aliphatic carbocycles. The summed E-state index contributed by atoms with van der Waals surface area (Å²) in [6.07, 6.45) is 7.58. The molecule has 168 valence electrons. The Labute approximate surface area is 189 Å². The summed E-state index contributed by atoms with van der Waals surface area (Å²) in [6, 6.07) is 10.2. The largest absolute Gasteiger partial charge is 0.379 e. The topological polar surface area (TPSA) is 156 Å². The lowest BCUT2D eigenvalue weighted by molar-refractivity contribution is 0.117. The first kappa shape index (κ1) is 21.0. The van der Waals surface area contributed by atoms with Crippen LogP contribution in [0.3, 0.4) is 0 Å². The monoisotopic (exact) mass is 444 g/mol. The van der Waals surface area contributed by atoms with Gasteiger partial charge < -0.3 is 16.2 Å². The second-order valence-corrected chi connectivity index (χ2v) is 8.26. The maximum absolute atomic E-state index is 9.62. The standard InChI is InChI=1S/C22H24N10O/c23-8-1-9-31-13-16(11-26-31)14-3-6-18(7-4-14)32-21-19(29-30-32)12-25-22(28-21)27-17-5-2-15(10-17)20(24)33/h3-4,6-7,11-13,15,17,20,33H,1-2,5,9-10,24H2,(H,25,27,28)/t15-,17?,20?/m1/s1. The van der Waals surface area contributed by atoms with Crippen LogP contribution in [0, 0.1) is 17.2 Å². The Hall–Kier alpha value is -3.88. The number of hydrogen-bond donors (Lipinski definition) is 3. The summed E-state index contributed by atoms with van der Waals surface area (Å²) in [7, 11) is 0. The Balaban J connectivity index is 1.35. The molecule has 1 aromatic carbocycles. The van der Waals surface area contributed by atoms with Crippen molar-refractivity contribution in [1.29, 1.82) is 5.26 Å². The predicted molar refractivity (Wildman–Crippen MR) is 121 cm³/mol. The van der Waals surface area contributed by atoms with E-state index in [0.29, 0.717) is 30.1 Å². The zero-order chi connectivity index (χ0) is 22.8. The van der Waals surface area contributed by atoms with E-state index in [1.807, 2.05) is 30.5 Å². The molecule has 3 heterocycles. The average molecular weight is 445 g/mol. The molecule has 0 aliphatic heterocycles. The Kier molecular flexibility index (Phi) is 5.68. The average Bonchev–Trinajstić information content (AvgIpc) is 3.57. The summed E-state index contributed by atoms with van der Waals surface area (Å²) in [6.45, 7) is 0.573. The van der Waals surface area contributed by atoms with E-state index >= 15 is 0 Å². The summed E-state index contributed by atoms with van der Waals surface area (Å²) in [5.74, 6) is 0.597. The van der Waals surface area contributed by atoms with Gasteiger partial charge in [0.15, 0.2) is 11.2 Å². The van der Waals surface area contributed by atoms with Crippen LogP contribution in [0.2, 0.25) is 0 Å². The lowest BCUT2D eigenvalue weighted by Crippen LogP contribution is -2.29. The van der Waals surface area contributed by atoms with Crippen molar-refractivity contribution in [3.05, 3.63) is 42.9 Å². The van der Waals surface area contributed by atoms with Crippen LogP contribution < -0.4 is 11.1 Å². The number of aliphatic hydroxyl groups excluding tert-OH is 1. The van der Waals surface area contributed by atoms with Gasteiger partial charge in [-0.05, 0) is 37.0 Å². The highest BCUT2D eigenvalue weighted by molar-refractivity contribution is 5.72. The van der Waals surface area contributed by atoms with E-state index in [1.165, 1.54) is 0 Å². The van der Waals surface area contributed by atoms with E-state index in [1.54, 1.807) is 21.8 Å². The molecule has 0 saturated heterocycles. The number of aliphatic hydroxyl groups is 1. The van der Waals surface area contributed by atoms with Crippen LogP contribution in [-0.4, -0.2) is 52.1 Å². The first-order chi connectivity index (χ1) is 16.1. The second kappa shape index (κ2) is 8.93. The maximum atomic E-state index is 9.62.